The zero-order valence-corrected chi connectivity index (χ0v) is 13.2. The van der Waals surface area contributed by atoms with Crippen LogP contribution in [0.2, 0.25) is 5.02 Å². The number of halogens is 1. The van der Waals surface area contributed by atoms with Gasteiger partial charge >= 0.3 is 5.97 Å². The lowest BCUT2D eigenvalue weighted by Gasteiger charge is -2.15. The first-order valence-corrected chi connectivity index (χ1v) is 6.99. The fourth-order valence-electron chi connectivity index (χ4n) is 2.16. The van der Waals surface area contributed by atoms with Crippen molar-refractivity contribution in [2.24, 2.45) is 0 Å². The molecule has 6 nitrogen and oxygen atoms in total. The minimum Gasteiger partial charge on any atom is -0.495 e. The summed E-state index contributed by atoms with van der Waals surface area (Å²) in [4.78, 5) is 23.3. The number of aliphatic carboxylic acids is 1. The Morgan fingerprint density at radius 2 is 2.09 bits per heavy atom. The van der Waals surface area contributed by atoms with Gasteiger partial charge in [0.15, 0.2) is 0 Å². The molecule has 1 unspecified atom stereocenters. The van der Waals surface area contributed by atoms with Crippen molar-refractivity contribution in [2.45, 2.75) is 13.0 Å². The molecular formula is C16H13ClN2O4. The van der Waals surface area contributed by atoms with Gasteiger partial charge in [0.1, 0.15) is 11.8 Å². The second-order valence-corrected chi connectivity index (χ2v) is 5.25. The van der Waals surface area contributed by atoms with Crippen molar-refractivity contribution in [3.63, 3.8) is 0 Å². The van der Waals surface area contributed by atoms with Crippen molar-refractivity contribution < 1.29 is 14.6 Å². The maximum absolute atomic E-state index is 12.2. The number of carboxylic acid groups (broad SMARTS) is 1. The second kappa shape index (κ2) is 6.55. The Labute approximate surface area is 137 Å². The molecule has 0 amide bonds. The van der Waals surface area contributed by atoms with E-state index in [1.165, 1.54) is 26.3 Å². The Kier molecular flexibility index (Phi) is 4.72. The van der Waals surface area contributed by atoms with Gasteiger partial charge in [-0.2, -0.15) is 5.26 Å². The number of nitriles is 1. The quantitative estimate of drug-likeness (QED) is 0.929. The fourth-order valence-corrected chi connectivity index (χ4v) is 2.33. The summed E-state index contributed by atoms with van der Waals surface area (Å²) in [7, 11) is 1.40. The molecule has 0 saturated carbocycles. The van der Waals surface area contributed by atoms with E-state index in [1.807, 2.05) is 6.07 Å². The Morgan fingerprint density at radius 3 is 2.65 bits per heavy atom. The lowest BCUT2D eigenvalue weighted by Crippen LogP contribution is -2.27. The van der Waals surface area contributed by atoms with Crippen molar-refractivity contribution in [3.05, 3.63) is 51.4 Å². The van der Waals surface area contributed by atoms with Gasteiger partial charge in [-0.25, -0.2) is 4.79 Å². The van der Waals surface area contributed by atoms with Crippen LogP contribution in [0.3, 0.4) is 0 Å². The monoisotopic (exact) mass is 332 g/mol. The van der Waals surface area contributed by atoms with Gasteiger partial charge < -0.3 is 9.84 Å². The number of hydrogen-bond acceptors (Lipinski definition) is 4. The molecule has 2 rings (SSSR count). The normalized spacial score (nSPS) is 11.6. The second-order valence-electron chi connectivity index (χ2n) is 4.82. The van der Waals surface area contributed by atoms with Gasteiger partial charge in [-0.15, -0.1) is 0 Å². The van der Waals surface area contributed by atoms with Crippen molar-refractivity contribution in [2.75, 3.05) is 7.11 Å². The van der Waals surface area contributed by atoms with E-state index in [9.17, 15) is 14.9 Å². The van der Waals surface area contributed by atoms with Crippen LogP contribution in [0.25, 0.3) is 11.1 Å². The summed E-state index contributed by atoms with van der Waals surface area (Å²) in [6.07, 6.45) is 1.32. The molecule has 23 heavy (non-hydrogen) atoms. The first kappa shape index (κ1) is 16.6. The van der Waals surface area contributed by atoms with Gasteiger partial charge in [0.25, 0.3) is 5.56 Å². The first-order chi connectivity index (χ1) is 10.9. The van der Waals surface area contributed by atoms with E-state index in [2.05, 4.69) is 0 Å². The largest absolute Gasteiger partial charge is 0.495 e. The van der Waals surface area contributed by atoms with E-state index in [-0.39, 0.29) is 5.75 Å². The Bertz CT molecular complexity index is 867. The molecule has 2 aromatic rings. The maximum Gasteiger partial charge on any atom is 0.326 e. The smallest absolute Gasteiger partial charge is 0.326 e. The molecule has 1 aromatic heterocycles. The number of pyridine rings is 1. The van der Waals surface area contributed by atoms with Crippen molar-refractivity contribution in [1.29, 1.82) is 5.26 Å². The molecule has 0 aliphatic heterocycles. The van der Waals surface area contributed by atoms with Crippen LogP contribution in [-0.2, 0) is 4.79 Å². The lowest BCUT2D eigenvalue weighted by molar-refractivity contribution is -0.140. The minimum atomic E-state index is -1.14. The van der Waals surface area contributed by atoms with E-state index in [0.717, 1.165) is 4.57 Å². The van der Waals surface area contributed by atoms with Gasteiger partial charge in [-0.05, 0) is 25.1 Å². The van der Waals surface area contributed by atoms with Crippen molar-refractivity contribution in [1.82, 2.24) is 4.57 Å². The molecule has 0 aliphatic rings. The van der Waals surface area contributed by atoms with Crippen molar-refractivity contribution in [3.8, 4) is 22.9 Å². The maximum atomic E-state index is 12.2. The van der Waals surface area contributed by atoms with Crippen LogP contribution in [-0.4, -0.2) is 22.8 Å². The predicted octanol–water partition coefficient (Wildman–Crippen LogP) is 2.69. The molecule has 0 aliphatic carbocycles. The van der Waals surface area contributed by atoms with E-state index < -0.39 is 17.6 Å². The van der Waals surface area contributed by atoms with E-state index in [0.29, 0.717) is 21.7 Å². The number of benzene rings is 1. The van der Waals surface area contributed by atoms with Crippen LogP contribution in [0.15, 0.2) is 35.3 Å². The van der Waals surface area contributed by atoms with Gasteiger partial charge in [0, 0.05) is 22.2 Å². The summed E-state index contributed by atoms with van der Waals surface area (Å²) in [5.74, 6) is -0.862. The van der Waals surface area contributed by atoms with E-state index >= 15 is 0 Å². The molecule has 0 spiro atoms. The number of rotatable bonds is 4. The zero-order valence-electron chi connectivity index (χ0n) is 12.4. The highest BCUT2D eigenvalue weighted by Crippen LogP contribution is 2.33. The summed E-state index contributed by atoms with van der Waals surface area (Å²) in [6, 6.07) is 6.91. The molecule has 0 radical (unpaired) electrons. The van der Waals surface area contributed by atoms with Gasteiger partial charge in [0.05, 0.1) is 24.9 Å². The standard InChI is InChI=1S/C16H13ClN2O4/c1-9(16(21)22)19-8-14(23-2)13(6-15(19)20)12-5-11(17)4-3-10(12)7-18/h3-6,8-9H,1-2H3,(H,21,22). The molecule has 7 heteroatoms. The highest BCUT2D eigenvalue weighted by Gasteiger charge is 2.19. The molecule has 0 bridgehead atoms. The molecule has 0 saturated heterocycles. The summed E-state index contributed by atoms with van der Waals surface area (Å²) < 4.78 is 6.32. The minimum absolute atomic E-state index is 0.275. The van der Waals surface area contributed by atoms with Gasteiger partial charge in [-0.3, -0.25) is 9.36 Å². The third kappa shape index (κ3) is 3.20. The highest BCUT2D eigenvalue weighted by atomic mass is 35.5. The number of carboxylic acids is 1. The molecule has 1 atom stereocenters. The number of nitrogens with zero attached hydrogens (tertiary/aromatic N) is 2. The Balaban J connectivity index is 2.73. The number of aromatic nitrogens is 1. The third-order valence-electron chi connectivity index (χ3n) is 3.43. The average molecular weight is 333 g/mol. The predicted molar refractivity (Wildman–Crippen MR) is 84.8 cm³/mol. The Morgan fingerprint density at radius 1 is 1.39 bits per heavy atom. The molecule has 118 valence electrons. The van der Waals surface area contributed by atoms with E-state index in [4.69, 9.17) is 21.4 Å². The highest BCUT2D eigenvalue weighted by molar-refractivity contribution is 6.31. The summed E-state index contributed by atoms with van der Waals surface area (Å²) >= 11 is 5.97. The fraction of sp³-hybridized carbons (Fsp3) is 0.188. The van der Waals surface area contributed by atoms with Gasteiger partial charge in [-0.1, -0.05) is 11.6 Å². The number of hydrogen-bond donors (Lipinski definition) is 1. The molecule has 1 aromatic carbocycles. The molecule has 1 N–H and O–H groups in total. The summed E-state index contributed by atoms with van der Waals surface area (Å²) in [5, 5.41) is 18.7. The van der Waals surface area contributed by atoms with Crippen molar-refractivity contribution >= 4 is 17.6 Å². The summed E-state index contributed by atoms with van der Waals surface area (Å²) in [6.45, 7) is 1.39. The number of carbonyl (C=O) groups is 1. The Hall–Kier alpha value is -2.78. The number of methoxy groups -OCH3 is 1. The van der Waals surface area contributed by atoms with Gasteiger partial charge in [0.2, 0.25) is 0 Å². The SMILES string of the molecule is COc1cn(C(C)C(=O)O)c(=O)cc1-c1cc(Cl)ccc1C#N. The average Bonchev–Trinajstić information content (AvgIpc) is 2.53. The van der Waals surface area contributed by atoms with Crippen LogP contribution in [0, 0.1) is 11.3 Å². The van der Waals surface area contributed by atoms with Crippen LogP contribution >= 0.6 is 11.6 Å². The van der Waals surface area contributed by atoms with Crippen LogP contribution < -0.4 is 10.3 Å². The lowest BCUT2D eigenvalue weighted by atomic mass is 10.0. The van der Waals surface area contributed by atoms with E-state index in [1.54, 1.807) is 18.2 Å². The summed E-state index contributed by atoms with van der Waals surface area (Å²) in [5.41, 5.74) is 0.644. The van der Waals surface area contributed by atoms with Crippen LogP contribution in [0.1, 0.15) is 18.5 Å². The molecular weight excluding hydrogens is 320 g/mol. The first-order valence-electron chi connectivity index (χ1n) is 6.62. The molecule has 0 fully saturated rings. The van der Waals surface area contributed by atoms with Crippen LogP contribution in [0.5, 0.6) is 5.75 Å². The van der Waals surface area contributed by atoms with Crippen LogP contribution in [0.4, 0.5) is 0 Å². The molecule has 1 heterocycles. The topological polar surface area (TPSA) is 92.3 Å². The third-order valence-corrected chi connectivity index (χ3v) is 3.67. The zero-order chi connectivity index (χ0) is 17.1. The number of ether oxygens (including phenoxy) is 1.